The van der Waals surface area contributed by atoms with E-state index in [4.69, 9.17) is 44.0 Å². The van der Waals surface area contributed by atoms with Crippen LogP contribution in [0.15, 0.2) is 36.4 Å². The Kier molecular flexibility index (Phi) is 7.00. The second-order valence-electron chi connectivity index (χ2n) is 10.2. The van der Waals surface area contributed by atoms with E-state index in [-0.39, 0.29) is 24.5 Å². The molecule has 0 spiro atoms. The van der Waals surface area contributed by atoms with E-state index in [1.165, 1.54) is 6.07 Å². The van der Waals surface area contributed by atoms with E-state index < -0.39 is 33.6 Å². The Morgan fingerprint density at radius 3 is 2.44 bits per heavy atom. The van der Waals surface area contributed by atoms with Gasteiger partial charge in [-0.15, -0.1) is 0 Å². The molecule has 8 nitrogen and oxygen atoms in total. The zero-order valence-electron chi connectivity index (χ0n) is 21.2. The Morgan fingerprint density at radius 1 is 1.00 bits per heavy atom. The molecule has 3 heterocycles. The van der Waals surface area contributed by atoms with E-state index in [1.807, 2.05) is 5.32 Å². The maximum Gasteiger partial charge on any atom is 0.254 e. The lowest BCUT2D eigenvalue weighted by Gasteiger charge is -2.60. The number of halogens is 1. The summed E-state index contributed by atoms with van der Waals surface area (Å²) in [6, 6.07) is 9.89. The molecular formula is C25H22B5FN4O4. The average molecular weight is 516 g/mol. The molecule has 0 aromatic heterocycles. The molecule has 188 valence electrons. The number of anilines is 1. The number of ether oxygens (including phenoxy) is 1. The Balaban J connectivity index is 1.38. The van der Waals surface area contributed by atoms with Crippen LogP contribution in [0.25, 0.3) is 0 Å². The van der Waals surface area contributed by atoms with Crippen molar-refractivity contribution in [3.05, 3.63) is 64.5 Å². The van der Waals surface area contributed by atoms with Gasteiger partial charge in [0.05, 0.1) is 50.0 Å². The standard InChI is InChI=1S/C25H22B5FN4O4/c26-23(27)21(37)33-22(38)24(28,25(23,29)30)35-13-17-16(20(35)36)2-1-3-19(17)32-11-15-10-14(4-5-18(15)31)12-34-6-8-39-9-7-34/h1-5,10,32H,6-9,11-13H2,(H,33,37,38). The zero-order chi connectivity index (χ0) is 28.2. The van der Waals surface area contributed by atoms with Crippen LogP contribution < -0.4 is 10.6 Å². The molecule has 10 radical (unpaired) electrons. The maximum atomic E-state index is 14.7. The largest absolute Gasteiger partial charge is 0.381 e. The van der Waals surface area contributed by atoms with Crippen LogP contribution >= 0.6 is 0 Å². The summed E-state index contributed by atoms with van der Waals surface area (Å²) < 4.78 is 20.1. The van der Waals surface area contributed by atoms with Crippen molar-refractivity contribution in [1.29, 1.82) is 0 Å². The normalized spacial score (nSPS) is 24.3. The van der Waals surface area contributed by atoms with Crippen LogP contribution in [0, 0.1) is 5.82 Å². The molecule has 1 atom stereocenters. The Morgan fingerprint density at radius 2 is 1.72 bits per heavy atom. The average Bonchev–Trinajstić information content (AvgIpc) is 3.25. The van der Waals surface area contributed by atoms with Gasteiger partial charge in [-0.1, -0.05) is 17.3 Å². The molecule has 0 bridgehead atoms. The summed E-state index contributed by atoms with van der Waals surface area (Å²) in [4.78, 5) is 41.8. The van der Waals surface area contributed by atoms with Crippen molar-refractivity contribution in [1.82, 2.24) is 15.1 Å². The van der Waals surface area contributed by atoms with E-state index in [0.29, 0.717) is 36.6 Å². The van der Waals surface area contributed by atoms with Gasteiger partial charge in [-0.3, -0.25) is 24.6 Å². The van der Waals surface area contributed by atoms with Crippen molar-refractivity contribution in [2.45, 2.75) is 35.5 Å². The number of nitrogens with zero attached hydrogens (tertiary/aromatic N) is 2. The second-order valence-corrected chi connectivity index (χ2v) is 10.2. The Labute approximate surface area is 232 Å². The number of amides is 3. The number of morpholine rings is 1. The highest BCUT2D eigenvalue weighted by molar-refractivity contribution is 6.66. The van der Waals surface area contributed by atoms with Gasteiger partial charge in [-0.25, -0.2) is 4.39 Å². The third-order valence-electron chi connectivity index (χ3n) is 7.75. The molecule has 3 aliphatic heterocycles. The van der Waals surface area contributed by atoms with E-state index >= 15 is 0 Å². The van der Waals surface area contributed by atoms with Gasteiger partial charge in [-0.2, -0.15) is 0 Å². The molecular weight excluding hydrogens is 493 g/mol. The highest BCUT2D eigenvalue weighted by Gasteiger charge is 2.63. The molecule has 2 aromatic rings. The van der Waals surface area contributed by atoms with Gasteiger partial charge in [0.25, 0.3) is 5.91 Å². The van der Waals surface area contributed by atoms with Crippen molar-refractivity contribution >= 4 is 62.6 Å². The van der Waals surface area contributed by atoms with Gasteiger partial charge in [-0.05, 0) is 35.0 Å². The third-order valence-corrected chi connectivity index (χ3v) is 7.75. The maximum absolute atomic E-state index is 14.7. The van der Waals surface area contributed by atoms with Gasteiger partial charge in [0.15, 0.2) is 0 Å². The fourth-order valence-corrected chi connectivity index (χ4v) is 5.19. The molecule has 2 N–H and O–H groups in total. The van der Waals surface area contributed by atoms with Crippen LogP contribution in [0.2, 0.25) is 10.4 Å². The first-order valence-electron chi connectivity index (χ1n) is 12.4. The van der Waals surface area contributed by atoms with Gasteiger partial charge < -0.3 is 15.0 Å². The molecule has 3 amide bonds. The summed E-state index contributed by atoms with van der Waals surface area (Å²) >= 11 is 0. The minimum atomic E-state index is -2.52. The first-order chi connectivity index (χ1) is 18.4. The molecule has 0 aliphatic carbocycles. The number of fused-ring (bicyclic) bond motifs is 1. The lowest BCUT2D eigenvalue weighted by atomic mass is 9.21. The molecule has 0 saturated carbocycles. The predicted molar refractivity (Wildman–Crippen MR) is 146 cm³/mol. The molecule has 39 heavy (non-hydrogen) atoms. The molecule has 2 saturated heterocycles. The van der Waals surface area contributed by atoms with Crippen molar-refractivity contribution in [2.24, 2.45) is 0 Å². The number of benzene rings is 2. The highest BCUT2D eigenvalue weighted by atomic mass is 19.1. The molecule has 14 heteroatoms. The number of imide groups is 1. The topological polar surface area (TPSA) is 91.0 Å². The van der Waals surface area contributed by atoms with Gasteiger partial charge in [0.1, 0.15) is 13.7 Å². The molecule has 3 aliphatic rings. The van der Waals surface area contributed by atoms with Crippen LogP contribution in [0.4, 0.5) is 10.1 Å². The van der Waals surface area contributed by atoms with Crippen LogP contribution in [0.5, 0.6) is 0 Å². The minimum absolute atomic E-state index is 0.128. The van der Waals surface area contributed by atoms with E-state index in [0.717, 1.165) is 23.6 Å². The first kappa shape index (κ1) is 27.6. The number of piperidine rings is 1. The molecule has 5 rings (SSSR count). The number of rotatable bonds is 6. The minimum Gasteiger partial charge on any atom is -0.381 e. The summed E-state index contributed by atoms with van der Waals surface area (Å²) in [7, 11) is 30.4. The van der Waals surface area contributed by atoms with Crippen LogP contribution in [0.3, 0.4) is 0 Å². The smallest absolute Gasteiger partial charge is 0.254 e. The number of carbonyl (C=O) groups is 3. The number of nitrogens with one attached hydrogen (secondary N) is 2. The monoisotopic (exact) mass is 516 g/mol. The Hall–Kier alpha value is -2.98. The van der Waals surface area contributed by atoms with Gasteiger partial charge in [0.2, 0.25) is 11.8 Å². The van der Waals surface area contributed by atoms with Gasteiger partial charge >= 0.3 is 0 Å². The second kappa shape index (κ2) is 9.89. The van der Waals surface area contributed by atoms with E-state index in [9.17, 15) is 18.8 Å². The molecule has 2 fully saturated rings. The summed E-state index contributed by atoms with van der Waals surface area (Å²) in [6.07, 6.45) is 0. The number of hydrogen-bond donors (Lipinski definition) is 2. The quantitative estimate of drug-likeness (QED) is 0.404. The third kappa shape index (κ3) is 4.41. The van der Waals surface area contributed by atoms with Crippen molar-refractivity contribution < 1.29 is 23.5 Å². The fraction of sp³-hybridized carbons (Fsp3) is 0.400. The lowest BCUT2D eigenvalue weighted by Crippen LogP contribution is -2.75. The number of hydrogen-bond acceptors (Lipinski definition) is 6. The summed E-state index contributed by atoms with van der Waals surface area (Å²) in [5, 5.41) is 0.171. The van der Waals surface area contributed by atoms with Crippen molar-refractivity contribution in [3.8, 4) is 0 Å². The van der Waals surface area contributed by atoms with Gasteiger partial charge in [0, 0.05) is 55.1 Å². The fourth-order valence-electron chi connectivity index (χ4n) is 5.19. The first-order valence-corrected chi connectivity index (χ1v) is 12.4. The highest BCUT2D eigenvalue weighted by Crippen LogP contribution is 2.55. The lowest BCUT2D eigenvalue weighted by molar-refractivity contribution is -0.140. The summed E-state index contributed by atoms with van der Waals surface area (Å²) in [5.41, 5.74) is 0.177. The SMILES string of the molecule is [B]C1([B])C(=O)NC(=O)C([B])(N2Cc3c(NCc4cc(CN5CCOCC5)ccc4F)cccc3C2=O)C1([B])[B]. The van der Waals surface area contributed by atoms with Crippen LogP contribution in [0.1, 0.15) is 27.0 Å². The van der Waals surface area contributed by atoms with Crippen molar-refractivity contribution in [2.75, 3.05) is 31.6 Å². The number of carbonyl (C=O) groups excluding carboxylic acids is 3. The van der Waals surface area contributed by atoms with E-state index in [2.05, 4.69) is 10.2 Å². The Bertz CT molecular complexity index is 1350. The van der Waals surface area contributed by atoms with Crippen LogP contribution in [-0.2, 0) is 34.0 Å². The molecule has 2 aromatic carbocycles. The zero-order valence-corrected chi connectivity index (χ0v) is 21.2. The summed E-state index contributed by atoms with van der Waals surface area (Å²) in [5.74, 6) is -3.27. The predicted octanol–water partition coefficient (Wildman–Crippen LogP) is -0.347. The van der Waals surface area contributed by atoms with E-state index in [1.54, 1.807) is 30.3 Å². The summed E-state index contributed by atoms with van der Waals surface area (Å²) in [6.45, 7) is 3.56. The molecule has 1 unspecified atom stereocenters. The van der Waals surface area contributed by atoms with Crippen molar-refractivity contribution in [3.63, 3.8) is 0 Å². The van der Waals surface area contributed by atoms with Crippen LogP contribution in [-0.4, -0.2) is 98.5 Å².